The molecule has 0 aromatic heterocycles. The molecule has 2 nitrogen and oxygen atoms in total. The molecule has 0 saturated carbocycles. The first-order chi connectivity index (χ1) is 6.65. The lowest BCUT2D eigenvalue weighted by Crippen LogP contribution is -2.01. The summed E-state index contributed by atoms with van der Waals surface area (Å²) in [6.45, 7) is 5.52. The van der Waals surface area contributed by atoms with Gasteiger partial charge >= 0.3 is 5.97 Å². The largest absolute Gasteiger partial charge is 0.458 e. The Morgan fingerprint density at radius 3 is 3.00 bits per heavy atom. The summed E-state index contributed by atoms with van der Waals surface area (Å²) >= 11 is 4.33. The van der Waals surface area contributed by atoms with Gasteiger partial charge in [-0.2, -0.15) is 0 Å². The van der Waals surface area contributed by atoms with E-state index in [9.17, 15) is 4.79 Å². The molecule has 0 aliphatic heterocycles. The fourth-order valence-corrected chi connectivity index (χ4v) is 1.26. The van der Waals surface area contributed by atoms with Gasteiger partial charge in [-0.15, -0.1) is 12.6 Å². The zero-order valence-electron chi connectivity index (χ0n) is 7.99. The molecule has 0 aliphatic rings. The van der Waals surface area contributed by atoms with E-state index < -0.39 is 5.97 Å². The Balaban J connectivity index is 2.72. The maximum atomic E-state index is 10.8. The number of rotatable bonds is 3. The van der Waals surface area contributed by atoms with Crippen molar-refractivity contribution in [2.45, 2.75) is 18.4 Å². The minimum Gasteiger partial charge on any atom is -0.458 e. The first-order valence-corrected chi connectivity index (χ1v) is 4.66. The molecule has 0 spiro atoms. The number of aryl methyl sites for hydroxylation is 1. The summed E-state index contributed by atoms with van der Waals surface area (Å²) in [4.78, 5) is 11.7. The van der Waals surface area contributed by atoms with Crippen molar-refractivity contribution < 1.29 is 9.53 Å². The molecular weight excluding hydrogens is 196 g/mol. The van der Waals surface area contributed by atoms with Gasteiger partial charge < -0.3 is 4.74 Å². The number of thiol groups is 1. The highest BCUT2D eigenvalue weighted by molar-refractivity contribution is 7.80. The number of ether oxygens (including phenoxy) is 1. The Labute approximate surface area is 89.0 Å². The SMILES string of the molecule is C=CC(=O)OCc1cccc(C)c1S. The van der Waals surface area contributed by atoms with Gasteiger partial charge in [-0.25, -0.2) is 4.79 Å². The fourth-order valence-electron chi connectivity index (χ4n) is 1.04. The molecular formula is C11H12O2S. The molecule has 1 aromatic carbocycles. The van der Waals surface area contributed by atoms with E-state index in [4.69, 9.17) is 4.74 Å². The molecule has 0 unspecified atom stereocenters. The number of esters is 1. The van der Waals surface area contributed by atoms with Crippen molar-refractivity contribution in [1.29, 1.82) is 0 Å². The average molecular weight is 208 g/mol. The average Bonchev–Trinajstić information content (AvgIpc) is 2.20. The first kappa shape index (κ1) is 10.9. The monoisotopic (exact) mass is 208 g/mol. The Morgan fingerprint density at radius 2 is 2.36 bits per heavy atom. The lowest BCUT2D eigenvalue weighted by Gasteiger charge is -2.07. The summed E-state index contributed by atoms with van der Waals surface area (Å²) < 4.78 is 4.91. The van der Waals surface area contributed by atoms with E-state index in [0.717, 1.165) is 22.1 Å². The van der Waals surface area contributed by atoms with Crippen molar-refractivity contribution in [3.8, 4) is 0 Å². The molecule has 0 saturated heterocycles. The lowest BCUT2D eigenvalue weighted by atomic mass is 10.1. The van der Waals surface area contributed by atoms with Gasteiger partial charge in [0.1, 0.15) is 6.61 Å². The second kappa shape index (κ2) is 4.86. The van der Waals surface area contributed by atoms with Gasteiger partial charge in [0, 0.05) is 16.5 Å². The van der Waals surface area contributed by atoms with Crippen molar-refractivity contribution >= 4 is 18.6 Å². The van der Waals surface area contributed by atoms with Crippen LogP contribution in [0.4, 0.5) is 0 Å². The van der Waals surface area contributed by atoms with E-state index in [-0.39, 0.29) is 6.61 Å². The second-order valence-corrected chi connectivity index (χ2v) is 3.34. The predicted molar refractivity (Wildman–Crippen MR) is 58.4 cm³/mol. The molecule has 1 rings (SSSR count). The van der Waals surface area contributed by atoms with Crippen LogP contribution >= 0.6 is 12.6 Å². The van der Waals surface area contributed by atoms with Crippen molar-refractivity contribution in [1.82, 2.24) is 0 Å². The van der Waals surface area contributed by atoms with Crippen LogP contribution in [0.2, 0.25) is 0 Å². The molecule has 0 radical (unpaired) electrons. The Kier molecular flexibility index (Phi) is 3.77. The van der Waals surface area contributed by atoms with Crippen LogP contribution in [0.5, 0.6) is 0 Å². The Morgan fingerprint density at radius 1 is 1.64 bits per heavy atom. The zero-order valence-corrected chi connectivity index (χ0v) is 8.88. The maximum absolute atomic E-state index is 10.8. The Bertz CT molecular complexity index is 358. The topological polar surface area (TPSA) is 26.3 Å². The highest BCUT2D eigenvalue weighted by Crippen LogP contribution is 2.18. The van der Waals surface area contributed by atoms with Gasteiger partial charge in [0.05, 0.1) is 0 Å². The predicted octanol–water partition coefficient (Wildman–Crippen LogP) is 2.51. The quantitative estimate of drug-likeness (QED) is 0.469. The Hall–Kier alpha value is -1.22. The van der Waals surface area contributed by atoms with Gasteiger partial charge in [0.15, 0.2) is 0 Å². The van der Waals surface area contributed by atoms with E-state index in [1.807, 2.05) is 25.1 Å². The summed E-state index contributed by atoms with van der Waals surface area (Å²) in [5, 5.41) is 0. The first-order valence-electron chi connectivity index (χ1n) is 4.22. The summed E-state index contributed by atoms with van der Waals surface area (Å²) in [5.41, 5.74) is 1.98. The molecule has 3 heteroatoms. The zero-order chi connectivity index (χ0) is 10.6. The summed E-state index contributed by atoms with van der Waals surface area (Å²) in [6.07, 6.45) is 1.15. The van der Waals surface area contributed by atoms with Crippen molar-refractivity contribution in [2.75, 3.05) is 0 Å². The maximum Gasteiger partial charge on any atom is 0.330 e. The smallest absolute Gasteiger partial charge is 0.330 e. The third-order valence-electron chi connectivity index (χ3n) is 1.86. The minimum absolute atomic E-state index is 0.241. The summed E-state index contributed by atoms with van der Waals surface area (Å²) in [6, 6.07) is 5.75. The molecule has 0 atom stereocenters. The molecule has 0 bridgehead atoms. The normalized spacial score (nSPS) is 9.57. The molecule has 1 aromatic rings. The van der Waals surface area contributed by atoms with Crippen LogP contribution in [-0.2, 0) is 16.1 Å². The molecule has 14 heavy (non-hydrogen) atoms. The van der Waals surface area contributed by atoms with Crippen LogP contribution in [0.3, 0.4) is 0 Å². The minimum atomic E-state index is -0.417. The van der Waals surface area contributed by atoms with Crippen LogP contribution in [-0.4, -0.2) is 5.97 Å². The number of carbonyl (C=O) groups is 1. The molecule has 0 N–H and O–H groups in total. The van der Waals surface area contributed by atoms with Gasteiger partial charge in [0.25, 0.3) is 0 Å². The highest BCUT2D eigenvalue weighted by atomic mass is 32.1. The van der Waals surface area contributed by atoms with E-state index in [1.165, 1.54) is 0 Å². The van der Waals surface area contributed by atoms with Crippen molar-refractivity contribution in [3.63, 3.8) is 0 Å². The molecule has 0 fully saturated rings. The third kappa shape index (κ3) is 2.64. The van der Waals surface area contributed by atoms with E-state index in [1.54, 1.807) is 0 Å². The molecule has 0 heterocycles. The van der Waals surface area contributed by atoms with Gasteiger partial charge in [-0.05, 0) is 12.5 Å². The number of hydrogen-bond donors (Lipinski definition) is 1. The lowest BCUT2D eigenvalue weighted by molar-refractivity contribution is -0.139. The van der Waals surface area contributed by atoms with Crippen molar-refractivity contribution in [2.24, 2.45) is 0 Å². The number of benzene rings is 1. The third-order valence-corrected chi connectivity index (χ3v) is 2.50. The molecule has 0 amide bonds. The number of carbonyl (C=O) groups excluding carboxylic acids is 1. The van der Waals surface area contributed by atoms with Crippen LogP contribution in [0.25, 0.3) is 0 Å². The summed E-state index contributed by atoms with van der Waals surface area (Å²) in [7, 11) is 0. The van der Waals surface area contributed by atoms with Gasteiger partial charge in [-0.1, -0.05) is 24.8 Å². The van der Waals surface area contributed by atoms with Gasteiger partial charge in [-0.3, -0.25) is 0 Å². The highest BCUT2D eigenvalue weighted by Gasteiger charge is 2.03. The van der Waals surface area contributed by atoms with Crippen molar-refractivity contribution in [3.05, 3.63) is 42.0 Å². The van der Waals surface area contributed by atoms with E-state index in [2.05, 4.69) is 19.2 Å². The van der Waals surface area contributed by atoms with Crippen LogP contribution in [0, 0.1) is 6.92 Å². The second-order valence-electron chi connectivity index (χ2n) is 2.89. The molecule has 0 aliphatic carbocycles. The van der Waals surface area contributed by atoms with Crippen LogP contribution < -0.4 is 0 Å². The van der Waals surface area contributed by atoms with Crippen LogP contribution in [0.1, 0.15) is 11.1 Å². The van der Waals surface area contributed by atoms with Gasteiger partial charge in [0.2, 0.25) is 0 Å². The number of hydrogen-bond acceptors (Lipinski definition) is 3. The van der Waals surface area contributed by atoms with E-state index in [0.29, 0.717) is 0 Å². The summed E-state index contributed by atoms with van der Waals surface area (Å²) in [5.74, 6) is -0.417. The molecule has 74 valence electrons. The van der Waals surface area contributed by atoms with Crippen LogP contribution in [0.15, 0.2) is 35.7 Å². The fraction of sp³-hybridized carbons (Fsp3) is 0.182. The standard InChI is InChI=1S/C11H12O2S/c1-3-10(12)13-7-9-6-4-5-8(2)11(9)14/h3-6,14H,1,7H2,2H3. The van der Waals surface area contributed by atoms with E-state index >= 15 is 0 Å².